The Kier molecular flexibility index (Phi) is 6.41. The van der Waals surface area contributed by atoms with E-state index in [1.54, 1.807) is 24.3 Å². The van der Waals surface area contributed by atoms with E-state index in [0.29, 0.717) is 30.5 Å². The predicted molar refractivity (Wildman–Crippen MR) is 124 cm³/mol. The molecule has 0 radical (unpaired) electrons. The summed E-state index contributed by atoms with van der Waals surface area (Å²) in [5.41, 5.74) is 2.49. The van der Waals surface area contributed by atoms with Crippen molar-refractivity contribution < 1.29 is 18.0 Å². The third-order valence-corrected chi connectivity index (χ3v) is 6.74. The molecule has 1 aliphatic rings. The van der Waals surface area contributed by atoms with Gasteiger partial charge in [0.15, 0.2) is 0 Å². The van der Waals surface area contributed by atoms with Gasteiger partial charge in [-0.25, -0.2) is 13.2 Å². The van der Waals surface area contributed by atoms with Crippen molar-refractivity contribution in [1.82, 2.24) is 4.90 Å². The second kappa shape index (κ2) is 9.26. The van der Waals surface area contributed by atoms with E-state index in [9.17, 15) is 18.0 Å². The highest BCUT2D eigenvalue weighted by molar-refractivity contribution is 5.79. The van der Waals surface area contributed by atoms with Crippen LogP contribution in [0.2, 0.25) is 0 Å². The highest BCUT2D eigenvalue weighted by atomic mass is 19.1. The standard InChI is InChI=1S/C28H26F3NO/c1-3-14-28(22-8-10-23(29)11-9-22)15-16-32(27(33)18-28)19(2)20-4-6-21(7-5-20)25-13-12-24(30)17-26(25)31/h3-13,17,19H,1,14-16,18H2,2H3/t19-,28?/m0/s1. The lowest BCUT2D eigenvalue weighted by Crippen LogP contribution is -2.47. The molecule has 1 aliphatic heterocycles. The number of likely N-dealkylation sites (tertiary alicyclic amines) is 1. The molecule has 0 N–H and O–H groups in total. The minimum absolute atomic E-state index is 0.0357. The van der Waals surface area contributed by atoms with E-state index in [-0.39, 0.29) is 23.2 Å². The first-order valence-corrected chi connectivity index (χ1v) is 11.0. The molecule has 1 heterocycles. The van der Waals surface area contributed by atoms with Gasteiger partial charge >= 0.3 is 0 Å². The van der Waals surface area contributed by atoms with Crippen molar-refractivity contribution in [3.8, 4) is 11.1 Å². The van der Waals surface area contributed by atoms with E-state index in [2.05, 4.69) is 6.58 Å². The zero-order valence-electron chi connectivity index (χ0n) is 18.5. The summed E-state index contributed by atoms with van der Waals surface area (Å²) in [6, 6.07) is 17.1. The number of carbonyl (C=O) groups excluding carboxylic acids is 1. The second-order valence-electron chi connectivity index (χ2n) is 8.72. The molecule has 5 heteroatoms. The van der Waals surface area contributed by atoms with Crippen molar-refractivity contribution in [2.75, 3.05) is 6.54 Å². The molecule has 0 spiro atoms. The van der Waals surface area contributed by atoms with Gasteiger partial charge in [0, 0.05) is 30.0 Å². The molecule has 2 atom stereocenters. The molecule has 1 unspecified atom stereocenters. The molecule has 0 saturated carbocycles. The Bertz CT molecular complexity index is 1160. The van der Waals surface area contributed by atoms with Crippen LogP contribution in [-0.4, -0.2) is 17.4 Å². The smallest absolute Gasteiger partial charge is 0.223 e. The van der Waals surface area contributed by atoms with Crippen LogP contribution in [0.4, 0.5) is 13.2 Å². The number of rotatable bonds is 6. The molecule has 33 heavy (non-hydrogen) atoms. The van der Waals surface area contributed by atoms with Crippen LogP contribution in [0.15, 0.2) is 79.4 Å². The number of nitrogens with zero attached hydrogens (tertiary/aromatic N) is 1. The largest absolute Gasteiger partial charge is 0.336 e. The number of piperidine rings is 1. The van der Waals surface area contributed by atoms with Gasteiger partial charge in [-0.05, 0) is 60.7 Å². The fourth-order valence-corrected chi connectivity index (χ4v) is 4.81. The van der Waals surface area contributed by atoms with Gasteiger partial charge in [-0.2, -0.15) is 0 Å². The minimum Gasteiger partial charge on any atom is -0.336 e. The summed E-state index contributed by atoms with van der Waals surface area (Å²) in [6.45, 7) is 6.41. The van der Waals surface area contributed by atoms with Crippen LogP contribution >= 0.6 is 0 Å². The SMILES string of the molecule is C=CCC1(c2ccc(F)cc2)CCN([C@@H](C)c2ccc(-c3ccc(F)cc3F)cc2)C(=O)C1. The van der Waals surface area contributed by atoms with Gasteiger partial charge < -0.3 is 4.90 Å². The number of halogens is 3. The Hall–Kier alpha value is -3.34. The lowest BCUT2D eigenvalue weighted by atomic mass is 9.70. The van der Waals surface area contributed by atoms with Crippen molar-refractivity contribution in [3.05, 3.63) is 108 Å². The zero-order chi connectivity index (χ0) is 23.6. The van der Waals surface area contributed by atoms with Gasteiger partial charge in [-0.15, -0.1) is 6.58 Å². The summed E-state index contributed by atoms with van der Waals surface area (Å²) in [5, 5.41) is 0. The van der Waals surface area contributed by atoms with E-state index in [4.69, 9.17) is 0 Å². The minimum atomic E-state index is -0.613. The Morgan fingerprint density at radius 1 is 1.00 bits per heavy atom. The summed E-state index contributed by atoms with van der Waals surface area (Å²) in [7, 11) is 0. The van der Waals surface area contributed by atoms with Crippen LogP contribution in [0, 0.1) is 17.5 Å². The number of benzene rings is 3. The van der Waals surface area contributed by atoms with Crippen LogP contribution in [-0.2, 0) is 10.2 Å². The van der Waals surface area contributed by atoms with Crippen LogP contribution < -0.4 is 0 Å². The third kappa shape index (κ3) is 4.58. The lowest BCUT2D eigenvalue weighted by molar-refractivity contribution is -0.138. The molecule has 170 valence electrons. The second-order valence-corrected chi connectivity index (χ2v) is 8.72. The topological polar surface area (TPSA) is 20.3 Å². The van der Waals surface area contributed by atoms with Crippen molar-refractivity contribution in [3.63, 3.8) is 0 Å². The van der Waals surface area contributed by atoms with Crippen LogP contribution in [0.25, 0.3) is 11.1 Å². The monoisotopic (exact) mass is 449 g/mol. The number of amides is 1. The van der Waals surface area contributed by atoms with Gasteiger partial charge in [0.25, 0.3) is 0 Å². The molecule has 3 aromatic rings. The highest BCUT2D eigenvalue weighted by Crippen LogP contribution is 2.41. The van der Waals surface area contributed by atoms with E-state index in [1.165, 1.54) is 24.3 Å². The van der Waals surface area contributed by atoms with E-state index < -0.39 is 11.6 Å². The molecular formula is C28H26F3NO. The molecule has 4 rings (SSSR count). The Morgan fingerprint density at radius 3 is 2.27 bits per heavy atom. The first-order valence-electron chi connectivity index (χ1n) is 11.0. The van der Waals surface area contributed by atoms with Gasteiger partial charge in [0.05, 0.1) is 6.04 Å². The molecule has 1 amide bonds. The van der Waals surface area contributed by atoms with Gasteiger partial charge in [-0.1, -0.05) is 42.5 Å². The number of hydrogen-bond donors (Lipinski definition) is 0. The van der Waals surface area contributed by atoms with Gasteiger partial charge in [0.2, 0.25) is 5.91 Å². The fourth-order valence-electron chi connectivity index (χ4n) is 4.81. The average Bonchev–Trinajstić information content (AvgIpc) is 2.79. The summed E-state index contributed by atoms with van der Waals surface area (Å²) < 4.78 is 40.8. The predicted octanol–water partition coefficient (Wildman–Crippen LogP) is 6.97. The first-order chi connectivity index (χ1) is 15.8. The van der Waals surface area contributed by atoms with Crippen molar-refractivity contribution in [2.24, 2.45) is 0 Å². The summed E-state index contributed by atoms with van der Waals surface area (Å²) in [6.07, 6.45) is 3.54. The normalized spacial score (nSPS) is 19.4. The van der Waals surface area contributed by atoms with Crippen LogP contribution in [0.3, 0.4) is 0 Å². The fraction of sp³-hybridized carbons (Fsp3) is 0.250. The van der Waals surface area contributed by atoms with E-state index in [1.807, 2.05) is 30.0 Å². The molecule has 0 aromatic heterocycles. The van der Waals surface area contributed by atoms with Gasteiger partial charge in [-0.3, -0.25) is 4.79 Å². The first kappa shape index (κ1) is 22.8. The zero-order valence-corrected chi connectivity index (χ0v) is 18.5. The average molecular weight is 450 g/mol. The third-order valence-electron chi connectivity index (χ3n) is 6.74. The molecule has 0 bridgehead atoms. The molecule has 1 fully saturated rings. The van der Waals surface area contributed by atoms with Crippen molar-refractivity contribution in [2.45, 2.75) is 37.6 Å². The van der Waals surface area contributed by atoms with E-state index >= 15 is 0 Å². The maximum atomic E-state index is 14.1. The molecule has 2 nitrogen and oxygen atoms in total. The van der Waals surface area contributed by atoms with Crippen molar-refractivity contribution >= 4 is 5.91 Å². The summed E-state index contributed by atoms with van der Waals surface area (Å²) in [5.74, 6) is -1.48. The maximum absolute atomic E-state index is 14.1. The molecule has 3 aromatic carbocycles. The quantitative estimate of drug-likeness (QED) is 0.372. The highest BCUT2D eigenvalue weighted by Gasteiger charge is 2.40. The summed E-state index contributed by atoms with van der Waals surface area (Å²) >= 11 is 0. The molecule has 0 aliphatic carbocycles. The van der Waals surface area contributed by atoms with Crippen LogP contribution in [0.5, 0.6) is 0 Å². The Morgan fingerprint density at radius 2 is 1.67 bits per heavy atom. The number of carbonyl (C=O) groups is 1. The number of hydrogen-bond acceptors (Lipinski definition) is 1. The van der Waals surface area contributed by atoms with Gasteiger partial charge in [0.1, 0.15) is 17.5 Å². The van der Waals surface area contributed by atoms with Crippen LogP contribution in [0.1, 0.15) is 43.4 Å². The maximum Gasteiger partial charge on any atom is 0.223 e. The van der Waals surface area contributed by atoms with E-state index in [0.717, 1.165) is 23.6 Å². The Balaban J connectivity index is 1.52. The lowest BCUT2D eigenvalue weighted by Gasteiger charge is -2.43. The summed E-state index contributed by atoms with van der Waals surface area (Å²) in [4.78, 5) is 15.1. The van der Waals surface area contributed by atoms with Crippen molar-refractivity contribution in [1.29, 1.82) is 0 Å². The Labute approximate surface area is 192 Å². The molecule has 1 saturated heterocycles. The number of allylic oxidation sites excluding steroid dienone is 1. The molecular weight excluding hydrogens is 423 g/mol.